The smallest absolute Gasteiger partial charge is 0.374 e. The average molecular weight is 283 g/mol. The summed E-state index contributed by atoms with van der Waals surface area (Å²) in [7, 11) is 1.38. The van der Waals surface area contributed by atoms with Gasteiger partial charge in [-0.1, -0.05) is 5.16 Å². The SMILES string of the molecule is COc1ccc(C(C)(F)F)cc1-c1cc(C(=O)O)on1. The highest BCUT2D eigenvalue weighted by Crippen LogP contribution is 2.35. The van der Waals surface area contributed by atoms with Crippen molar-refractivity contribution in [1.82, 2.24) is 5.16 Å². The van der Waals surface area contributed by atoms with Crippen molar-refractivity contribution in [3.63, 3.8) is 0 Å². The van der Waals surface area contributed by atoms with E-state index in [1.54, 1.807) is 0 Å². The zero-order valence-corrected chi connectivity index (χ0v) is 10.7. The fourth-order valence-corrected chi connectivity index (χ4v) is 1.68. The first-order valence-electron chi connectivity index (χ1n) is 5.59. The van der Waals surface area contributed by atoms with Crippen molar-refractivity contribution in [2.24, 2.45) is 0 Å². The molecule has 0 fully saturated rings. The molecule has 20 heavy (non-hydrogen) atoms. The molecule has 0 bridgehead atoms. The molecule has 2 rings (SSSR count). The fraction of sp³-hybridized carbons (Fsp3) is 0.231. The maximum absolute atomic E-state index is 13.3. The number of hydrogen-bond donors (Lipinski definition) is 1. The van der Waals surface area contributed by atoms with Crippen LogP contribution in [0.3, 0.4) is 0 Å². The van der Waals surface area contributed by atoms with Crippen molar-refractivity contribution in [3.8, 4) is 17.0 Å². The van der Waals surface area contributed by atoms with Gasteiger partial charge in [0.1, 0.15) is 11.4 Å². The molecule has 5 nitrogen and oxygen atoms in total. The van der Waals surface area contributed by atoms with Gasteiger partial charge in [-0.05, 0) is 18.2 Å². The lowest BCUT2D eigenvalue weighted by Gasteiger charge is -2.13. The number of halogens is 2. The number of aromatic nitrogens is 1. The number of aromatic carboxylic acids is 1. The lowest BCUT2D eigenvalue weighted by Crippen LogP contribution is -2.07. The summed E-state index contributed by atoms with van der Waals surface area (Å²) in [5.74, 6) is -4.40. The van der Waals surface area contributed by atoms with Crippen LogP contribution in [-0.2, 0) is 5.92 Å². The molecule has 0 radical (unpaired) electrons. The molecule has 0 saturated carbocycles. The van der Waals surface area contributed by atoms with Gasteiger partial charge in [0.25, 0.3) is 5.92 Å². The Labute approximate surface area is 112 Å². The standard InChI is InChI=1S/C13H11F2NO4/c1-13(14,15)7-3-4-10(19-2)8(5-7)9-6-11(12(17)18)20-16-9/h3-6H,1-2H3,(H,17,18). The first-order valence-corrected chi connectivity index (χ1v) is 5.59. The van der Waals surface area contributed by atoms with Gasteiger partial charge in [-0.2, -0.15) is 0 Å². The molecule has 7 heteroatoms. The van der Waals surface area contributed by atoms with E-state index in [1.165, 1.54) is 25.3 Å². The number of rotatable bonds is 4. The van der Waals surface area contributed by atoms with Gasteiger partial charge in [0.15, 0.2) is 0 Å². The summed E-state index contributed by atoms with van der Waals surface area (Å²) < 4.78 is 36.4. The quantitative estimate of drug-likeness (QED) is 0.933. The molecule has 0 aliphatic heterocycles. The Morgan fingerprint density at radius 1 is 1.40 bits per heavy atom. The molecule has 0 aliphatic carbocycles. The van der Waals surface area contributed by atoms with Gasteiger partial charge in [0, 0.05) is 24.1 Å². The van der Waals surface area contributed by atoms with E-state index in [0.717, 1.165) is 13.0 Å². The van der Waals surface area contributed by atoms with Crippen molar-refractivity contribution in [3.05, 3.63) is 35.6 Å². The Morgan fingerprint density at radius 2 is 2.10 bits per heavy atom. The van der Waals surface area contributed by atoms with Gasteiger partial charge in [-0.3, -0.25) is 0 Å². The molecular weight excluding hydrogens is 272 g/mol. The molecule has 2 aromatic rings. The molecular formula is C13H11F2NO4. The summed E-state index contributed by atoms with van der Waals surface area (Å²) in [6.45, 7) is 0.768. The molecule has 1 aromatic carbocycles. The Morgan fingerprint density at radius 3 is 2.60 bits per heavy atom. The van der Waals surface area contributed by atoms with Crippen molar-refractivity contribution < 1.29 is 27.9 Å². The highest BCUT2D eigenvalue weighted by molar-refractivity contribution is 5.86. The fourth-order valence-electron chi connectivity index (χ4n) is 1.68. The summed E-state index contributed by atoms with van der Waals surface area (Å²) >= 11 is 0. The van der Waals surface area contributed by atoms with Gasteiger partial charge in [-0.15, -0.1) is 0 Å². The van der Waals surface area contributed by atoms with Crippen LogP contribution >= 0.6 is 0 Å². The third kappa shape index (κ3) is 2.61. The molecule has 0 amide bonds. The van der Waals surface area contributed by atoms with E-state index < -0.39 is 11.9 Å². The summed E-state index contributed by atoms with van der Waals surface area (Å²) in [5, 5.41) is 12.3. The Balaban J connectivity index is 2.55. The highest BCUT2D eigenvalue weighted by Gasteiger charge is 2.26. The normalized spacial score (nSPS) is 11.4. The van der Waals surface area contributed by atoms with Crippen molar-refractivity contribution >= 4 is 5.97 Å². The first kappa shape index (κ1) is 14.0. The molecule has 0 saturated heterocycles. The first-order chi connectivity index (χ1) is 9.32. The maximum Gasteiger partial charge on any atom is 0.374 e. The zero-order valence-electron chi connectivity index (χ0n) is 10.7. The predicted octanol–water partition coefficient (Wildman–Crippen LogP) is 3.16. The third-order valence-electron chi connectivity index (χ3n) is 2.70. The molecule has 1 aromatic heterocycles. The van der Waals surface area contributed by atoms with Crippen molar-refractivity contribution in [2.75, 3.05) is 7.11 Å². The third-order valence-corrected chi connectivity index (χ3v) is 2.70. The molecule has 1 heterocycles. The van der Waals surface area contributed by atoms with Crippen LogP contribution in [0.2, 0.25) is 0 Å². The number of nitrogens with zero attached hydrogens (tertiary/aromatic N) is 1. The van der Waals surface area contributed by atoms with Crippen LogP contribution in [0.5, 0.6) is 5.75 Å². The molecule has 0 spiro atoms. The number of carboxylic acids is 1. The highest BCUT2D eigenvalue weighted by atomic mass is 19.3. The van der Waals surface area contributed by atoms with Gasteiger partial charge in [0.05, 0.1) is 7.11 Å². The topological polar surface area (TPSA) is 72.6 Å². The summed E-state index contributed by atoms with van der Waals surface area (Å²) in [4.78, 5) is 10.7. The Bertz CT molecular complexity index is 646. The van der Waals surface area contributed by atoms with E-state index >= 15 is 0 Å². The van der Waals surface area contributed by atoms with E-state index in [-0.39, 0.29) is 22.6 Å². The number of benzene rings is 1. The van der Waals surface area contributed by atoms with Crippen LogP contribution in [0.4, 0.5) is 8.78 Å². The number of hydrogen-bond acceptors (Lipinski definition) is 4. The summed E-state index contributed by atoms with van der Waals surface area (Å²) in [6.07, 6.45) is 0. The van der Waals surface area contributed by atoms with Crippen LogP contribution in [-0.4, -0.2) is 23.3 Å². The number of ether oxygens (including phenoxy) is 1. The van der Waals surface area contributed by atoms with E-state index in [4.69, 9.17) is 9.84 Å². The van der Waals surface area contributed by atoms with Gasteiger partial charge >= 0.3 is 5.97 Å². The van der Waals surface area contributed by atoms with E-state index in [0.29, 0.717) is 5.75 Å². The predicted molar refractivity (Wildman–Crippen MR) is 65.0 cm³/mol. The minimum absolute atomic E-state index is 0.116. The van der Waals surface area contributed by atoms with E-state index in [9.17, 15) is 13.6 Å². The largest absolute Gasteiger partial charge is 0.496 e. The number of carboxylic acid groups (broad SMARTS) is 1. The lowest BCUT2D eigenvalue weighted by atomic mass is 10.0. The van der Waals surface area contributed by atoms with Gasteiger partial charge in [-0.25, -0.2) is 13.6 Å². The minimum atomic E-state index is -3.03. The van der Waals surface area contributed by atoms with Crippen molar-refractivity contribution in [2.45, 2.75) is 12.8 Å². The molecule has 0 aliphatic rings. The van der Waals surface area contributed by atoms with Crippen LogP contribution in [0.15, 0.2) is 28.8 Å². The molecule has 0 atom stereocenters. The average Bonchev–Trinajstić information content (AvgIpc) is 2.86. The monoisotopic (exact) mass is 283 g/mol. The number of methoxy groups -OCH3 is 1. The Hall–Kier alpha value is -2.44. The van der Waals surface area contributed by atoms with Gasteiger partial charge < -0.3 is 14.4 Å². The van der Waals surface area contributed by atoms with Crippen molar-refractivity contribution in [1.29, 1.82) is 0 Å². The van der Waals surface area contributed by atoms with Crippen LogP contribution < -0.4 is 4.74 Å². The summed E-state index contributed by atoms with van der Waals surface area (Å²) in [5.41, 5.74) is 0.126. The van der Waals surface area contributed by atoms with Crippen LogP contribution in [0, 0.1) is 0 Å². The van der Waals surface area contributed by atoms with Crippen LogP contribution in [0.25, 0.3) is 11.3 Å². The minimum Gasteiger partial charge on any atom is -0.496 e. The second-order valence-electron chi connectivity index (χ2n) is 4.18. The second kappa shape index (κ2) is 4.92. The van der Waals surface area contributed by atoms with E-state index in [2.05, 4.69) is 9.68 Å². The van der Waals surface area contributed by atoms with Gasteiger partial charge in [0.2, 0.25) is 5.76 Å². The summed E-state index contributed by atoms with van der Waals surface area (Å²) in [6, 6.07) is 4.96. The molecule has 0 unspecified atom stereocenters. The second-order valence-corrected chi connectivity index (χ2v) is 4.18. The number of alkyl halides is 2. The zero-order chi connectivity index (χ0) is 14.9. The number of carbonyl (C=O) groups is 1. The Kier molecular flexibility index (Phi) is 3.44. The lowest BCUT2D eigenvalue weighted by molar-refractivity contribution is 0.0175. The molecule has 1 N–H and O–H groups in total. The van der Waals surface area contributed by atoms with E-state index in [1.807, 2.05) is 0 Å². The maximum atomic E-state index is 13.3. The van der Waals surface area contributed by atoms with Crippen LogP contribution in [0.1, 0.15) is 23.0 Å². The molecule has 106 valence electrons.